The molecule has 94 heavy (non-hydrogen) atoms. The minimum Gasteiger partial charge on any atom is -0.342 e. The van der Waals surface area contributed by atoms with E-state index < -0.39 is 203 Å². The van der Waals surface area contributed by atoms with Gasteiger partial charge in [-0.2, -0.15) is 127 Å². The molecule has 0 amide bonds. The van der Waals surface area contributed by atoms with E-state index in [0.717, 1.165) is 22.6 Å². The Labute approximate surface area is 546 Å². The van der Waals surface area contributed by atoms with Crippen molar-refractivity contribution in [3.63, 3.8) is 0 Å². The zero-order valence-corrected chi connectivity index (χ0v) is 55.6. The quantitative estimate of drug-likeness (QED) is 0.0436. The molecule has 0 bridgehead atoms. The molecule has 4 aromatic carbocycles. The fraction of sp³-hybridized carbons (Fsp3) is 0.609. The molecule has 1 N–H and O–H groups in total. The van der Waals surface area contributed by atoms with Gasteiger partial charge in [-0.05, 0) is 124 Å². The van der Waals surface area contributed by atoms with Crippen LogP contribution in [0.25, 0.3) is 0 Å². The van der Waals surface area contributed by atoms with Crippen molar-refractivity contribution in [3.05, 3.63) is 124 Å². The summed E-state index contributed by atoms with van der Waals surface area (Å²) in [6, 6.07) is -8.81. The summed E-state index contributed by atoms with van der Waals surface area (Å²) in [5, 5.41) is 4.04. The van der Waals surface area contributed by atoms with Crippen LogP contribution in [-0.4, -0.2) is 62.3 Å². The molecular weight excluding hydrogens is 1400 g/mol. The summed E-state index contributed by atoms with van der Waals surface area (Å²) < 4.78 is 341. The van der Waals surface area contributed by atoms with Gasteiger partial charge in [-0.1, -0.05) is 161 Å². The van der Waals surface area contributed by atoms with Crippen LogP contribution in [0.15, 0.2) is 72.8 Å². The summed E-state index contributed by atoms with van der Waals surface area (Å²) in [5.74, 6) is 0. The van der Waals surface area contributed by atoms with Crippen molar-refractivity contribution in [2.24, 2.45) is 0 Å². The first-order valence-corrected chi connectivity index (χ1v) is 38.1. The number of alkyl halides is 24. The first kappa shape index (κ1) is 81.5. The first-order valence-electron chi connectivity index (χ1n) is 31.1. The number of benzene rings is 4. The van der Waals surface area contributed by atoms with E-state index >= 15 is 0 Å². The Morgan fingerprint density at radius 2 is 0.468 bits per heavy atom. The van der Waals surface area contributed by atoms with Crippen molar-refractivity contribution in [2.45, 2.75) is 220 Å². The van der Waals surface area contributed by atoms with Crippen LogP contribution in [0.3, 0.4) is 0 Å². The van der Waals surface area contributed by atoms with Crippen LogP contribution in [0.1, 0.15) is 173 Å². The Morgan fingerprint density at radius 1 is 0.319 bits per heavy atom. The molecule has 0 heterocycles. The Bertz CT molecular complexity index is 2510. The van der Waals surface area contributed by atoms with Crippen molar-refractivity contribution >= 4 is 51.9 Å². The number of nitrogens with one attached hydrogen (secondary N) is 1. The van der Waals surface area contributed by atoms with E-state index in [9.17, 15) is 105 Å². The van der Waals surface area contributed by atoms with Gasteiger partial charge in [-0.25, -0.2) is 0 Å². The molecule has 0 aromatic heterocycles. The van der Waals surface area contributed by atoms with Gasteiger partial charge in [0, 0.05) is 0 Å². The second-order valence-electron chi connectivity index (χ2n) is 26.2. The summed E-state index contributed by atoms with van der Waals surface area (Å²) in [6.07, 6.45) is -20.7. The van der Waals surface area contributed by atoms with Gasteiger partial charge in [-0.3, -0.25) is 0 Å². The van der Waals surface area contributed by atoms with Gasteiger partial charge >= 0.3 is 66.2 Å². The van der Waals surface area contributed by atoms with Gasteiger partial charge in [0.15, 0.2) is 0 Å². The molecule has 531 valence electrons. The third-order valence-electron chi connectivity index (χ3n) is 17.7. The second-order valence-corrected chi connectivity index (χ2v) is 37.2. The first-order chi connectivity index (χ1) is 42.7. The molecule has 0 saturated heterocycles. The molecule has 4 fully saturated rings. The van der Waals surface area contributed by atoms with Gasteiger partial charge in [0.05, 0.1) is 44.5 Å². The molecule has 0 spiro atoms. The van der Waals surface area contributed by atoms with Crippen molar-refractivity contribution < 1.29 is 122 Å². The zero-order valence-electron chi connectivity index (χ0n) is 51.8. The van der Waals surface area contributed by atoms with Crippen molar-refractivity contribution in [2.75, 3.05) is 25.4 Å². The topological polar surface area (TPSA) is 12.0 Å². The molecule has 0 unspecified atom stereocenters. The molecule has 4 aromatic rings. The van der Waals surface area contributed by atoms with Crippen LogP contribution in [0.4, 0.5) is 105 Å². The molecule has 4 aliphatic carbocycles. The summed E-state index contributed by atoms with van der Waals surface area (Å²) in [4.78, 5) is 0. The van der Waals surface area contributed by atoms with E-state index in [4.69, 9.17) is 0 Å². The van der Waals surface area contributed by atoms with Crippen LogP contribution in [-0.2, 0) is 66.2 Å². The Hall–Kier alpha value is -3.19. The van der Waals surface area contributed by atoms with Gasteiger partial charge < -0.3 is 11.9 Å². The fourth-order valence-corrected chi connectivity index (χ4v) is 21.2. The van der Waals surface area contributed by atoms with E-state index in [1.807, 2.05) is 0 Å². The summed E-state index contributed by atoms with van der Waals surface area (Å²) in [5.41, 5.74) is -25.7. The summed E-state index contributed by atoms with van der Waals surface area (Å²) in [7, 11) is -0.282. The Morgan fingerprint density at radius 3 is 0.606 bits per heavy atom. The molecule has 30 heteroatoms. The third kappa shape index (κ3) is 22.9. The van der Waals surface area contributed by atoms with Gasteiger partial charge in [0.2, 0.25) is 0 Å². The van der Waals surface area contributed by atoms with Gasteiger partial charge in [0.25, 0.3) is 0 Å². The van der Waals surface area contributed by atoms with E-state index in [1.54, 1.807) is 63.7 Å². The third-order valence-corrected chi connectivity index (χ3v) is 25.0. The average molecular weight is 1480 g/mol. The van der Waals surface area contributed by atoms with Crippen LogP contribution in [0.5, 0.6) is 0 Å². The monoisotopic (exact) mass is 1470 g/mol. The molecule has 4 saturated carbocycles. The molecule has 0 atom stereocenters. The Balaban J connectivity index is 0.000000360. The predicted octanol–water partition coefficient (Wildman–Crippen LogP) is 21.8. The Kier molecular flexibility index (Phi) is 28.1. The maximum absolute atomic E-state index is 14.2. The predicted molar refractivity (Wildman–Crippen MR) is 323 cm³/mol. The standard InChI is InChI=1S/C32H12BF24.C28H53NP2.C4H11Si.Co/c34-25(35,36)13-1-14(26(37,38)39)6-21(5-13)33(22-7-15(27(40,41)42)2-16(8-22)28(43,44)45,23-9-17(29(46,47)48)3-18(10-23)30(49,50)51)24-11-19(31(52,53)54)4-20(12-24)32(55,56)57;1-5-13-25(14-6-1)30(26-15-7-2-8-16-26)23-21-29-22-24-31(27-17-9-3-10-18-27)28-19-11-4-12-20-28;1-5(2,3)4;/h1-12H;25-29H,1-24H2;1H2,2-4H3;/q-1;;-1;+2. The van der Waals surface area contributed by atoms with Crippen LogP contribution in [0, 0.1) is 6.55 Å². The maximum Gasteiger partial charge on any atom is 2.00 e. The molecule has 0 aliphatic heterocycles. The van der Waals surface area contributed by atoms with Crippen LogP contribution >= 0.6 is 15.8 Å². The van der Waals surface area contributed by atoms with Crippen LogP contribution < -0.4 is 27.2 Å². The normalized spacial score (nSPS) is 17.9. The summed E-state index contributed by atoms with van der Waals surface area (Å²) in [6.45, 7) is 13.2. The second kappa shape index (κ2) is 32.4. The largest absolute Gasteiger partial charge is 2.00 e. The molecule has 4 aliphatic rings. The van der Waals surface area contributed by atoms with E-state index in [1.165, 1.54) is 90.1 Å². The smallest absolute Gasteiger partial charge is 0.342 e. The molecular formula is C64H76BCoF24NP2Si. The van der Waals surface area contributed by atoms with Gasteiger partial charge in [0.1, 0.15) is 6.15 Å². The number of hydrogen-bond acceptors (Lipinski definition) is 1. The van der Waals surface area contributed by atoms with E-state index in [-0.39, 0.29) is 32.6 Å². The zero-order chi connectivity index (χ0) is 69.6. The van der Waals surface area contributed by atoms with E-state index in [2.05, 4.69) is 31.5 Å². The fourth-order valence-electron chi connectivity index (χ4n) is 13.6. The van der Waals surface area contributed by atoms with Crippen molar-refractivity contribution in [1.82, 2.24) is 5.32 Å². The number of rotatable bonds is 14. The van der Waals surface area contributed by atoms with Crippen LogP contribution in [0.2, 0.25) is 19.6 Å². The van der Waals surface area contributed by atoms with Crippen molar-refractivity contribution in [3.8, 4) is 0 Å². The SMILES string of the molecule is C1CCC(P(CCNCCP(C2CCCCC2)C2CCCCC2)C2CCCCC2)CC1.FC(F)(F)c1cc([B-](c2cc(C(F)(F)F)cc(C(F)(F)F)c2)(c2cc(C(F)(F)F)cc(C(F)(F)F)c2)c2cc(C(F)(F)F)cc(C(F)(F)F)c2)cc(C(F)(F)F)c1.[CH2-][Si](C)(C)C.[Co+2]. The number of halogens is 24. The van der Waals surface area contributed by atoms with Crippen molar-refractivity contribution in [1.29, 1.82) is 0 Å². The minimum absolute atomic E-state index is 0. The molecule has 8 rings (SSSR count). The minimum atomic E-state index is -6.13. The average Bonchev–Trinajstić information content (AvgIpc) is 0.709. The molecule has 1 nitrogen and oxygen atoms in total. The van der Waals surface area contributed by atoms with E-state index in [0.29, 0.717) is 0 Å². The number of hydrogen-bond donors (Lipinski definition) is 1. The maximum atomic E-state index is 14.2. The molecule has 1 radical (unpaired) electrons. The van der Waals surface area contributed by atoms with Gasteiger partial charge in [-0.15, -0.1) is 8.07 Å². The summed E-state index contributed by atoms with van der Waals surface area (Å²) >= 11 is 0.